The van der Waals surface area contributed by atoms with E-state index in [1.165, 1.54) is 7.11 Å². The third-order valence-electron chi connectivity index (χ3n) is 3.44. The number of ether oxygens (including phenoxy) is 2. The lowest BCUT2D eigenvalue weighted by atomic mass is 10.0. The zero-order valence-corrected chi connectivity index (χ0v) is 11.8. The molecule has 1 aromatic heterocycles. The Balaban J connectivity index is 2.18. The molecular weight excluding hydrogens is 266 g/mol. The Morgan fingerprint density at radius 1 is 0.952 bits per heavy atom. The highest BCUT2D eigenvalue weighted by Crippen LogP contribution is 2.34. The van der Waals surface area contributed by atoms with Crippen LogP contribution < -0.4 is 9.47 Å². The van der Waals surface area contributed by atoms with Gasteiger partial charge < -0.3 is 14.6 Å². The molecule has 1 N–H and O–H groups in total. The third-order valence-corrected chi connectivity index (χ3v) is 3.44. The number of pyridine rings is 1. The van der Waals surface area contributed by atoms with E-state index in [4.69, 9.17) is 9.47 Å². The molecule has 0 radical (unpaired) electrons. The minimum absolute atomic E-state index is 0.119. The molecule has 0 atom stereocenters. The van der Waals surface area contributed by atoms with E-state index < -0.39 is 0 Å². The summed E-state index contributed by atoms with van der Waals surface area (Å²) in [6, 6.07) is 13.0. The number of methoxy groups -OCH3 is 2. The second-order valence-corrected chi connectivity index (χ2v) is 4.63. The highest BCUT2D eigenvalue weighted by atomic mass is 16.5. The van der Waals surface area contributed by atoms with Gasteiger partial charge in [-0.05, 0) is 41.5 Å². The van der Waals surface area contributed by atoms with Gasteiger partial charge in [-0.2, -0.15) is 0 Å². The molecule has 0 amide bonds. The molecular formula is C17H15NO3. The molecule has 0 aliphatic heterocycles. The van der Waals surface area contributed by atoms with E-state index in [1.54, 1.807) is 25.4 Å². The summed E-state index contributed by atoms with van der Waals surface area (Å²) in [5.41, 5.74) is 2.76. The minimum Gasteiger partial charge on any atom is -0.504 e. The summed E-state index contributed by atoms with van der Waals surface area (Å²) in [4.78, 5) is 4.36. The van der Waals surface area contributed by atoms with E-state index in [0.717, 1.165) is 27.8 Å². The third kappa shape index (κ3) is 2.36. The Hall–Kier alpha value is -2.75. The molecule has 21 heavy (non-hydrogen) atoms. The first-order valence-electron chi connectivity index (χ1n) is 6.53. The molecule has 0 spiro atoms. The number of rotatable bonds is 3. The zero-order chi connectivity index (χ0) is 14.8. The Morgan fingerprint density at radius 2 is 1.81 bits per heavy atom. The molecule has 0 aliphatic rings. The number of phenolic OH excluding ortho intramolecular Hbond substituents is 1. The molecule has 0 bridgehead atoms. The van der Waals surface area contributed by atoms with Gasteiger partial charge in [-0.1, -0.05) is 6.07 Å². The van der Waals surface area contributed by atoms with E-state index in [2.05, 4.69) is 4.98 Å². The van der Waals surface area contributed by atoms with Crippen molar-refractivity contribution in [2.45, 2.75) is 0 Å². The van der Waals surface area contributed by atoms with Crippen LogP contribution in [0.1, 0.15) is 0 Å². The SMILES string of the molecule is COc1ccc2c(-c3ccc(OC)c(O)c3)ccnc2c1. The fourth-order valence-electron chi connectivity index (χ4n) is 2.36. The number of benzene rings is 2. The van der Waals surface area contributed by atoms with Crippen molar-refractivity contribution in [3.05, 3.63) is 48.7 Å². The molecule has 3 aromatic rings. The summed E-state index contributed by atoms with van der Waals surface area (Å²) < 4.78 is 10.3. The quantitative estimate of drug-likeness (QED) is 0.796. The van der Waals surface area contributed by atoms with Crippen LogP contribution >= 0.6 is 0 Å². The fourth-order valence-corrected chi connectivity index (χ4v) is 2.36. The van der Waals surface area contributed by atoms with Crippen LogP contribution in [-0.4, -0.2) is 24.3 Å². The fraction of sp³-hybridized carbons (Fsp3) is 0.118. The predicted octanol–water partition coefficient (Wildman–Crippen LogP) is 3.62. The van der Waals surface area contributed by atoms with Crippen molar-refractivity contribution in [2.75, 3.05) is 14.2 Å². The topological polar surface area (TPSA) is 51.6 Å². The number of aromatic nitrogens is 1. The number of hydrogen-bond donors (Lipinski definition) is 1. The van der Waals surface area contributed by atoms with E-state index in [-0.39, 0.29) is 5.75 Å². The summed E-state index contributed by atoms with van der Waals surface area (Å²) in [6.07, 6.45) is 1.75. The van der Waals surface area contributed by atoms with Crippen LogP contribution in [0.2, 0.25) is 0 Å². The lowest BCUT2D eigenvalue weighted by Crippen LogP contribution is -1.88. The molecule has 106 valence electrons. The highest BCUT2D eigenvalue weighted by Gasteiger charge is 2.08. The molecule has 0 saturated carbocycles. The van der Waals surface area contributed by atoms with Crippen LogP contribution in [-0.2, 0) is 0 Å². The smallest absolute Gasteiger partial charge is 0.160 e. The number of aromatic hydroxyl groups is 1. The lowest BCUT2D eigenvalue weighted by Gasteiger charge is -2.09. The van der Waals surface area contributed by atoms with Crippen LogP contribution in [0.15, 0.2) is 48.7 Å². The maximum Gasteiger partial charge on any atom is 0.160 e. The Kier molecular flexibility index (Phi) is 3.36. The molecule has 0 aliphatic carbocycles. The number of fused-ring (bicyclic) bond motifs is 1. The van der Waals surface area contributed by atoms with Gasteiger partial charge in [-0.25, -0.2) is 0 Å². The Morgan fingerprint density at radius 3 is 2.52 bits per heavy atom. The second-order valence-electron chi connectivity index (χ2n) is 4.63. The number of hydrogen-bond acceptors (Lipinski definition) is 4. The van der Waals surface area contributed by atoms with Gasteiger partial charge in [-0.15, -0.1) is 0 Å². The summed E-state index contributed by atoms with van der Waals surface area (Å²) in [7, 11) is 3.16. The van der Waals surface area contributed by atoms with Crippen molar-refractivity contribution in [1.82, 2.24) is 4.98 Å². The first kappa shape index (κ1) is 13.2. The molecule has 4 heteroatoms. The van der Waals surface area contributed by atoms with Crippen LogP contribution in [0.5, 0.6) is 17.2 Å². The molecule has 0 saturated heterocycles. The van der Waals surface area contributed by atoms with Crippen LogP contribution in [0, 0.1) is 0 Å². The van der Waals surface area contributed by atoms with Gasteiger partial charge in [0.15, 0.2) is 11.5 Å². The molecule has 2 aromatic carbocycles. The number of phenols is 1. The standard InChI is InChI=1S/C17H15NO3/c1-20-12-4-5-14-13(7-8-18-15(14)10-12)11-3-6-17(21-2)16(19)9-11/h3-10,19H,1-2H3. The summed E-state index contributed by atoms with van der Waals surface area (Å²) in [5.74, 6) is 1.34. The van der Waals surface area contributed by atoms with E-state index in [9.17, 15) is 5.11 Å². The summed E-state index contributed by atoms with van der Waals surface area (Å²) >= 11 is 0. The second kappa shape index (κ2) is 5.32. The zero-order valence-electron chi connectivity index (χ0n) is 11.8. The molecule has 4 nitrogen and oxygen atoms in total. The van der Waals surface area contributed by atoms with Crippen LogP contribution in [0.4, 0.5) is 0 Å². The van der Waals surface area contributed by atoms with E-state index in [1.807, 2.05) is 30.3 Å². The normalized spacial score (nSPS) is 10.6. The summed E-state index contributed by atoms with van der Waals surface area (Å²) in [5, 5.41) is 10.9. The first-order chi connectivity index (χ1) is 10.2. The van der Waals surface area contributed by atoms with E-state index in [0.29, 0.717) is 5.75 Å². The van der Waals surface area contributed by atoms with Crippen molar-refractivity contribution in [2.24, 2.45) is 0 Å². The molecule has 0 fully saturated rings. The maximum atomic E-state index is 9.95. The molecule has 1 heterocycles. The van der Waals surface area contributed by atoms with Crippen molar-refractivity contribution in [1.29, 1.82) is 0 Å². The first-order valence-corrected chi connectivity index (χ1v) is 6.53. The van der Waals surface area contributed by atoms with Crippen molar-refractivity contribution < 1.29 is 14.6 Å². The highest BCUT2D eigenvalue weighted by molar-refractivity contribution is 5.95. The van der Waals surface area contributed by atoms with Crippen molar-refractivity contribution >= 4 is 10.9 Å². The van der Waals surface area contributed by atoms with Crippen molar-refractivity contribution in [3.8, 4) is 28.4 Å². The van der Waals surface area contributed by atoms with Gasteiger partial charge in [0.2, 0.25) is 0 Å². The summed E-state index contributed by atoms with van der Waals surface area (Å²) in [6.45, 7) is 0. The molecule has 3 rings (SSSR count). The van der Waals surface area contributed by atoms with Gasteiger partial charge in [0.1, 0.15) is 5.75 Å². The van der Waals surface area contributed by atoms with Crippen LogP contribution in [0.25, 0.3) is 22.0 Å². The lowest BCUT2D eigenvalue weighted by molar-refractivity contribution is 0.373. The predicted molar refractivity (Wildman–Crippen MR) is 81.9 cm³/mol. The average molecular weight is 281 g/mol. The van der Waals surface area contributed by atoms with Crippen molar-refractivity contribution in [3.63, 3.8) is 0 Å². The van der Waals surface area contributed by atoms with Gasteiger partial charge in [-0.3, -0.25) is 4.98 Å². The Bertz CT molecular complexity index is 799. The van der Waals surface area contributed by atoms with Gasteiger partial charge >= 0.3 is 0 Å². The average Bonchev–Trinajstić information content (AvgIpc) is 2.53. The van der Waals surface area contributed by atoms with Gasteiger partial charge in [0.25, 0.3) is 0 Å². The van der Waals surface area contributed by atoms with Gasteiger partial charge in [0.05, 0.1) is 19.7 Å². The molecule has 0 unspecified atom stereocenters. The largest absolute Gasteiger partial charge is 0.504 e. The number of nitrogens with zero attached hydrogens (tertiary/aromatic N) is 1. The monoisotopic (exact) mass is 281 g/mol. The van der Waals surface area contributed by atoms with Crippen LogP contribution in [0.3, 0.4) is 0 Å². The Labute approximate surface area is 122 Å². The van der Waals surface area contributed by atoms with Gasteiger partial charge in [0, 0.05) is 17.6 Å². The van der Waals surface area contributed by atoms with E-state index >= 15 is 0 Å². The minimum atomic E-state index is 0.119. The maximum absolute atomic E-state index is 9.95.